The number of halogens is 2. The molecule has 0 fully saturated rings. The van der Waals surface area contributed by atoms with Crippen molar-refractivity contribution in [3.8, 4) is 0 Å². The number of aryl methyl sites for hydroxylation is 1. The molecule has 0 N–H and O–H groups in total. The van der Waals surface area contributed by atoms with Crippen molar-refractivity contribution >= 4 is 49.0 Å². The fraction of sp³-hybridized carbons (Fsp3) is 0.231. The van der Waals surface area contributed by atoms with Gasteiger partial charge in [-0.3, -0.25) is 9.78 Å². The van der Waals surface area contributed by atoms with Crippen molar-refractivity contribution in [1.29, 1.82) is 0 Å². The Kier molecular flexibility index (Phi) is 3.38. The van der Waals surface area contributed by atoms with Gasteiger partial charge < -0.3 is 0 Å². The number of nitrogens with zero attached hydrogens (tertiary/aromatic N) is 1. The van der Waals surface area contributed by atoms with Gasteiger partial charge in [0, 0.05) is 11.8 Å². The topological polar surface area (TPSA) is 30.0 Å². The van der Waals surface area contributed by atoms with Gasteiger partial charge in [-0.1, -0.05) is 6.07 Å². The Hall–Kier alpha value is -0.520. The minimum absolute atomic E-state index is 0.0843. The van der Waals surface area contributed by atoms with Crippen molar-refractivity contribution in [3.63, 3.8) is 0 Å². The predicted molar refractivity (Wildman–Crippen MR) is 79.3 cm³/mol. The van der Waals surface area contributed by atoms with Crippen molar-refractivity contribution in [1.82, 2.24) is 4.98 Å². The number of hydrogen-bond donors (Lipinski definition) is 0. The maximum absolute atomic E-state index is 12.6. The van der Waals surface area contributed by atoms with E-state index in [4.69, 9.17) is 0 Å². The third-order valence-electron chi connectivity index (χ3n) is 3.20. The molecule has 0 saturated carbocycles. The van der Waals surface area contributed by atoms with Crippen LogP contribution in [0.4, 0.5) is 0 Å². The summed E-state index contributed by atoms with van der Waals surface area (Å²) >= 11 is 8.39. The van der Waals surface area contributed by atoms with Gasteiger partial charge in [-0.2, -0.15) is 0 Å². The van der Waals surface area contributed by atoms with Gasteiger partial charge >= 0.3 is 0 Å². The first-order valence-electron chi connectivity index (χ1n) is 5.59. The second-order valence-electron chi connectivity index (χ2n) is 4.24. The Labute approximate surface area is 126 Å². The van der Waals surface area contributed by atoms with Gasteiger partial charge in [-0.15, -0.1) is 11.3 Å². The maximum Gasteiger partial charge on any atom is 0.173 e. The Morgan fingerprint density at radius 2 is 2.28 bits per heavy atom. The van der Waals surface area contributed by atoms with Gasteiger partial charge in [0.15, 0.2) is 5.78 Å². The summed E-state index contributed by atoms with van der Waals surface area (Å²) in [5.41, 5.74) is 2.92. The summed E-state index contributed by atoms with van der Waals surface area (Å²) in [6.07, 6.45) is 3.58. The fourth-order valence-corrected chi connectivity index (χ4v) is 5.18. The van der Waals surface area contributed by atoms with E-state index in [-0.39, 0.29) is 11.7 Å². The Morgan fingerprint density at radius 1 is 1.44 bits per heavy atom. The molecule has 0 aromatic carbocycles. The van der Waals surface area contributed by atoms with Gasteiger partial charge in [0.05, 0.1) is 19.2 Å². The molecule has 1 aliphatic carbocycles. The van der Waals surface area contributed by atoms with E-state index in [1.807, 2.05) is 12.1 Å². The average molecular weight is 387 g/mol. The smallest absolute Gasteiger partial charge is 0.173 e. The van der Waals surface area contributed by atoms with Gasteiger partial charge in [-0.05, 0) is 62.4 Å². The number of carbonyl (C=O) groups excluding carboxylic acids is 1. The van der Waals surface area contributed by atoms with Crippen LogP contribution in [0.2, 0.25) is 0 Å². The minimum atomic E-state index is -0.0843. The average Bonchev–Trinajstić information content (AvgIpc) is 2.92. The van der Waals surface area contributed by atoms with E-state index in [0.717, 1.165) is 31.7 Å². The van der Waals surface area contributed by atoms with E-state index < -0.39 is 0 Å². The SMILES string of the molecule is O=C(c1cc(Br)sc1Br)C1CCc2cccnc21. The number of pyridine rings is 1. The van der Waals surface area contributed by atoms with Crippen LogP contribution in [0.25, 0.3) is 0 Å². The number of carbonyl (C=O) groups is 1. The molecule has 0 spiro atoms. The number of thiophene rings is 1. The molecule has 92 valence electrons. The molecule has 0 radical (unpaired) electrons. The molecular weight excluding hydrogens is 378 g/mol. The first-order chi connectivity index (χ1) is 8.66. The van der Waals surface area contributed by atoms with Crippen LogP contribution in [-0.4, -0.2) is 10.8 Å². The lowest BCUT2D eigenvalue weighted by Gasteiger charge is -2.08. The van der Waals surface area contributed by atoms with Crippen LogP contribution in [-0.2, 0) is 6.42 Å². The highest BCUT2D eigenvalue weighted by Gasteiger charge is 2.31. The Balaban J connectivity index is 1.98. The number of hydrogen-bond acceptors (Lipinski definition) is 3. The van der Waals surface area contributed by atoms with E-state index in [0.29, 0.717) is 0 Å². The van der Waals surface area contributed by atoms with E-state index >= 15 is 0 Å². The van der Waals surface area contributed by atoms with E-state index in [1.54, 1.807) is 6.20 Å². The summed E-state index contributed by atoms with van der Waals surface area (Å²) in [5, 5.41) is 0. The van der Waals surface area contributed by atoms with E-state index in [2.05, 4.69) is 42.9 Å². The van der Waals surface area contributed by atoms with Crippen LogP contribution in [0.5, 0.6) is 0 Å². The number of fused-ring (bicyclic) bond motifs is 1. The maximum atomic E-state index is 12.6. The molecule has 0 aliphatic heterocycles. The molecule has 0 saturated heterocycles. The third-order valence-corrected chi connectivity index (χ3v) is 5.54. The molecule has 0 bridgehead atoms. The zero-order chi connectivity index (χ0) is 12.7. The van der Waals surface area contributed by atoms with Crippen molar-refractivity contribution in [2.75, 3.05) is 0 Å². The monoisotopic (exact) mass is 385 g/mol. The molecule has 2 aromatic rings. The van der Waals surface area contributed by atoms with Crippen LogP contribution in [0.3, 0.4) is 0 Å². The quantitative estimate of drug-likeness (QED) is 0.707. The molecule has 5 heteroatoms. The summed E-state index contributed by atoms with van der Waals surface area (Å²) in [4.78, 5) is 16.9. The van der Waals surface area contributed by atoms with Crippen LogP contribution in [0.15, 0.2) is 32.0 Å². The highest BCUT2D eigenvalue weighted by molar-refractivity contribution is 9.12. The van der Waals surface area contributed by atoms with Crippen molar-refractivity contribution in [2.45, 2.75) is 18.8 Å². The summed E-state index contributed by atoms with van der Waals surface area (Å²) in [6.45, 7) is 0. The second-order valence-corrected chi connectivity index (χ2v) is 7.99. The van der Waals surface area contributed by atoms with Gasteiger partial charge in [0.2, 0.25) is 0 Å². The number of Topliss-reactive ketones (excluding diaryl/α,β-unsaturated/α-hetero) is 1. The summed E-state index contributed by atoms with van der Waals surface area (Å²) in [5.74, 6) is 0.0836. The first kappa shape index (κ1) is 12.5. The lowest BCUT2D eigenvalue weighted by atomic mass is 9.97. The molecule has 1 aliphatic rings. The van der Waals surface area contributed by atoms with Gasteiger partial charge in [-0.25, -0.2) is 0 Å². The normalized spacial score (nSPS) is 17.8. The van der Waals surface area contributed by atoms with Crippen LogP contribution in [0.1, 0.15) is 34.0 Å². The zero-order valence-electron chi connectivity index (χ0n) is 9.32. The fourth-order valence-electron chi connectivity index (χ4n) is 2.36. The molecule has 18 heavy (non-hydrogen) atoms. The zero-order valence-corrected chi connectivity index (χ0v) is 13.3. The third kappa shape index (κ3) is 2.08. The minimum Gasteiger partial charge on any atom is -0.293 e. The summed E-state index contributed by atoms with van der Waals surface area (Å²) in [7, 11) is 0. The van der Waals surface area contributed by atoms with Crippen molar-refractivity contribution in [2.24, 2.45) is 0 Å². The molecule has 1 atom stereocenters. The predicted octanol–water partition coefficient (Wildman–Crippen LogP) is 4.58. The molecule has 2 heterocycles. The van der Waals surface area contributed by atoms with Crippen molar-refractivity contribution < 1.29 is 4.79 Å². The summed E-state index contributed by atoms with van der Waals surface area (Å²) in [6, 6.07) is 5.88. The largest absolute Gasteiger partial charge is 0.293 e. The van der Waals surface area contributed by atoms with Crippen LogP contribution < -0.4 is 0 Å². The summed E-state index contributed by atoms with van der Waals surface area (Å²) < 4.78 is 1.86. The first-order valence-corrected chi connectivity index (χ1v) is 8.00. The number of rotatable bonds is 2. The number of aromatic nitrogens is 1. The highest BCUT2D eigenvalue weighted by atomic mass is 79.9. The lowest BCUT2D eigenvalue weighted by molar-refractivity contribution is 0.0958. The highest BCUT2D eigenvalue weighted by Crippen LogP contribution is 2.38. The molecular formula is C13H9Br2NOS. The van der Waals surface area contributed by atoms with E-state index in [1.165, 1.54) is 16.9 Å². The van der Waals surface area contributed by atoms with E-state index in [9.17, 15) is 4.79 Å². The molecule has 1 unspecified atom stereocenters. The molecule has 2 nitrogen and oxygen atoms in total. The van der Waals surface area contributed by atoms with Gasteiger partial charge in [0.1, 0.15) is 0 Å². The standard InChI is InChI=1S/C13H9Br2NOS/c14-10-6-9(13(15)18-10)12(17)8-4-3-7-2-1-5-16-11(7)8/h1-2,5-6,8H,3-4H2. The molecule has 2 aromatic heterocycles. The Bertz CT molecular complexity index is 623. The molecule has 0 amide bonds. The van der Waals surface area contributed by atoms with Gasteiger partial charge in [0.25, 0.3) is 0 Å². The van der Waals surface area contributed by atoms with Crippen LogP contribution in [0, 0.1) is 0 Å². The van der Waals surface area contributed by atoms with Crippen molar-refractivity contribution in [3.05, 3.63) is 48.8 Å². The lowest BCUT2D eigenvalue weighted by Crippen LogP contribution is -2.10. The Morgan fingerprint density at radius 3 is 3.00 bits per heavy atom. The van der Waals surface area contributed by atoms with Crippen LogP contribution >= 0.6 is 43.2 Å². The number of ketones is 1. The molecule has 3 rings (SSSR count). The second kappa shape index (κ2) is 4.87.